The smallest absolute Gasteiger partial charge is 0.230 e. The van der Waals surface area contributed by atoms with Crippen LogP contribution in [0.15, 0.2) is 24.3 Å². The topological polar surface area (TPSA) is 67.9 Å². The first kappa shape index (κ1) is 13.1. The van der Waals surface area contributed by atoms with E-state index < -0.39 is 0 Å². The van der Waals surface area contributed by atoms with E-state index in [1.54, 1.807) is 0 Å². The van der Waals surface area contributed by atoms with Gasteiger partial charge in [-0.25, -0.2) is 0 Å². The summed E-state index contributed by atoms with van der Waals surface area (Å²) in [4.78, 5) is 15.2. The Kier molecular flexibility index (Phi) is 3.69. The number of nitrogen functional groups attached to an aromatic ring is 1. The third-order valence-corrected chi connectivity index (χ3v) is 3.60. The Balaban J connectivity index is 1.97. The molecule has 1 fully saturated rings. The Hall–Kier alpha value is -1.88. The normalized spacial score (nSPS) is 15.3. The molecule has 0 aliphatic carbocycles. The highest BCUT2D eigenvalue weighted by Gasteiger charge is 2.16. The van der Waals surface area contributed by atoms with E-state index in [2.05, 4.69) is 19.9 Å². The number of hydrogen-bond acceptors (Lipinski definition) is 5. The summed E-state index contributed by atoms with van der Waals surface area (Å²) in [5, 5.41) is 0.654. The lowest BCUT2D eigenvalue weighted by atomic mass is 10.1. The molecule has 0 spiro atoms. The molecule has 3 rings (SSSR count). The van der Waals surface area contributed by atoms with E-state index in [1.165, 1.54) is 6.42 Å². The fourth-order valence-electron chi connectivity index (χ4n) is 2.37. The Morgan fingerprint density at radius 2 is 1.85 bits per heavy atom. The van der Waals surface area contributed by atoms with E-state index in [0.29, 0.717) is 16.8 Å². The molecule has 0 unspecified atom stereocenters. The molecule has 1 aliphatic rings. The van der Waals surface area contributed by atoms with Crippen LogP contribution in [0, 0.1) is 0 Å². The molecule has 2 N–H and O–H groups in total. The molecule has 1 aromatic heterocycles. The number of hydrogen-bond donors (Lipinski definition) is 1. The third-order valence-electron chi connectivity index (χ3n) is 3.36. The minimum atomic E-state index is 0.246. The SMILES string of the molecule is Nc1nc(-c2cccc(Cl)c2)nc(N2CCCCC2)n1. The number of piperidine rings is 1. The number of nitrogens with zero attached hydrogens (tertiary/aromatic N) is 4. The van der Waals surface area contributed by atoms with Crippen molar-refractivity contribution < 1.29 is 0 Å². The Morgan fingerprint density at radius 1 is 1.05 bits per heavy atom. The largest absolute Gasteiger partial charge is 0.368 e. The predicted molar refractivity (Wildman–Crippen MR) is 80.7 cm³/mol. The van der Waals surface area contributed by atoms with Gasteiger partial charge in [-0.15, -0.1) is 0 Å². The van der Waals surface area contributed by atoms with Crippen LogP contribution in [0.2, 0.25) is 5.02 Å². The predicted octanol–water partition coefficient (Wildman–Crippen LogP) is 2.76. The lowest BCUT2D eigenvalue weighted by Gasteiger charge is -2.26. The summed E-state index contributed by atoms with van der Waals surface area (Å²) in [5.41, 5.74) is 6.67. The molecule has 6 heteroatoms. The van der Waals surface area contributed by atoms with Crippen molar-refractivity contribution in [3.8, 4) is 11.4 Å². The second-order valence-electron chi connectivity index (χ2n) is 4.88. The molecule has 5 nitrogen and oxygen atoms in total. The fraction of sp³-hybridized carbons (Fsp3) is 0.357. The highest BCUT2D eigenvalue weighted by Crippen LogP contribution is 2.23. The molecule has 20 heavy (non-hydrogen) atoms. The van der Waals surface area contributed by atoms with Gasteiger partial charge in [-0.2, -0.15) is 15.0 Å². The van der Waals surface area contributed by atoms with Crippen molar-refractivity contribution in [1.29, 1.82) is 0 Å². The van der Waals surface area contributed by atoms with Crippen LogP contribution in [0.4, 0.5) is 11.9 Å². The van der Waals surface area contributed by atoms with Crippen LogP contribution in [0.1, 0.15) is 19.3 Å². The molecule has 1 saturated heterocycles. The second kappa shape index (κ2) is 5.63. The van der Waals surface area contributed by atoms with Crippen molar-refractivity contribution in [3.05, 3.63) is 29.3 Å². The number of nitrogens with two attached hydrogens (primary N) is 1. The van der Waals surface area contributed by atoms with Crippen LogP contribution < -0.4 is 10.6 Å². The lowest BCUT2D eigenvalue weighted by Crippen LogP contribution is -2.31. The molecule has 2 aromatic rings. The van der Waals surface area contributed by atoms with E-state index in [4.69, 9.17) is 17.3 Å². The summed E-state index contributed by atoms with van der Waals surface area (Å²) in [7, 11) is 0. The van der Waals surface area contributed by atoms with Gasteiger partial charge in [-0.05, 0) is 31.4 Å². The molecule has 0 saturated carbocycles. The van der Waals surface area contributed by atoms with Crippen LogP contribution >= 0.6 is 11.6 Å². The molecule has 0 atom stereocenters. The van der Waals surface area contributed by atoms with Crippen LogP contribution in [-0.4, -0.2) is 28.0 Å². The second-order valence-corrected chi connectivity index (χ2v) is 5.31. The highest BCUT2D eigenvalue weighted by molar-refractivity contribution is 6.30. The summed E-state index contributed by atoms with van der Waals surface area (Å²) in [5.74, 6) is 1.48. The molecular weight excluding hydrogens is 274 g/mol. The number of halogens is 1. The van der Waals surface area contributed by atoms with Gasteiger partial charge in [-0.3, -0.25) is 0 Å². The standard InChI is InChI=1S/C14H16ClN5/c15-11-6-4-5-10(9-11)12-17-13(16)19-14(18-12)20-7-2-1-3-8-20/h4-6,9H,1-3,7-8H2,(H2,16,17,18,19). The van der Waals surface area contributed by atoms with Gasteiger partial charge in [0.2, 0.25) is 11.9 Å². The maximum Gasteiger partial charge on any atom is 0.230 e. The van der Waals surface area contributed by atoms with Crippen molar-refractivity contribution in [2.24, 2.45) is 0 Å². The van der Waals surface area contributed by atoms with Crippen molar-refractivity contribution in [2.45, 2.75) is 19.3 Å². The Labute approximate surface area is 122 Å². The summed E-state index contributed by atoms with van der Waals surface area (Å²) >= 11 is 6.01. The van der Waals surface area contributed by atoms with Gasteiger partial charge in [0, 0.05) is 23.7 Å². The highest BCUT2D eigenvalue weighted by atomic mass is 35.5. The fourth-order valence-corrected chi connectivity index (χ4v) is 2.56. The van der Waals surface area contributed by atoms with E-state index in [9.17, 15) is 0 Å². The number of anilines is 2. The van der Waals surface area contributed by atoms with Gasteiger partial charge >= 0.3 is 0 Å². The summed E-state index contributed by atoms with van der Waals surface area (Å²) in [6, 6.07) is 7.44. The Morgan fingerprint density at radius 3 is 2.60 bits per heavy atom. The van der Waals surface area contributed by atoms with Crippen molar-refractivity contribution in [3.63, 3.8) is 0 Å². The maximum absolute atomic E-state index is 6.01. The van der Waals surface area contributed by atoms with E-state index in [0.717, 1.165) is 31.5 Å². The third kappa shape index (κ3) is 2.82. The van der Waals surface area contributed by atoms with Gasteiger partial charge in [0.25, 0.3) is 0 Å². The monoisotopic (exact) mass is 289 g/mol. The molecule has 1 aliphatic heterocycles. The molecule has 1 aromatic carbocycles. The number of aromatic nitrogens is 3. The maximum atomic E-state index is 6.01. The minimum Gasteiger partial charge on any atom is -0.368 e. The quantitative estimate of drug-likeness (QED) is 0.921. The average Bonchev–Trinajstić information content (AvgIpc) is 2.47. The molecule has 0 amide bonds. The van der Waals surface area contributed by atoms with Crippen molar-refractivity contribution >= 4 is 23.5 Å². The van der Waals surface area contributed by atoms with Gasteiger partial charge < -0.3 is 10.6 Å². The minimum absolute atomic E-state index is 0.246. The van der Waals surface area contributed by atoms with Crippen molar-refractivity contribution in [1.82, 2.24) is 15.0 Å². The van der Waals surface area contributed by atoms with E-state index in [1.807, 2.05) is 24.3 Å². The first-order chi connectivity index (χ1) is 9.72. The average molecular weight is 290 g/mol. The summed E-state index contributed by atoms with van der Waals surface area (Å²) in [6.45, 7) is 1.94. The number of rotatable bonds is 2. The molecule has 0 bridgehead atoms. The van der Waals surface area contributed by atoms with Gasteiger partial charge in [0.15, 0.2) is 5.82 Å². The van der Waals surface area contributed by atoms with Gasteiger partial charge in [0.1, 0.15) is 0 Å². The van der Waals surface area contributed by atoms with Gasteiger partial charge in [-0.1, -0.05) is 23.7 Å². The van der Waals surface area contributed by atoms with Crippen LogP contribution in [0.3, 0.4) is 0 Å². The zero-order chi connectivity index (χ0) is 13.9. The molecule has 2 heterocycles. The molecular formula is C14H16ClN5. The first-order valence-corrected chi connectivity index (χ1v) is 7.12. The number of benzene rings is 1. The van der Waals surface area contributed by atoms with Gasteiger partial charge in [0.05, 0.1) is 0 Å². The van der Waals surface area contributed by atoms with Crippen LogP contribution in [-0.2, 0) is 0 Å². The molecule has 104 valence electrons. The zero-order valence-corrected chi connectivity index (χ0v) is 11.8. The lowest BCUT2D eigenvalue weighted by molar-refractivity contribution is 0.568. The summed E-state index contributed by atoms with van der Waals surface area (Å²) in [6.07, 6.45) is 3.59. The van der Waals surface area contributed by atoms with Crippen LogP contribution in [0.25, 0.3) is 11.4 Å². The first-order valence-electron chi connectivity index (χ1n) is 6.75. The van der Waals surface area contributed by atoms with Crippen molar-refractivity contribution in [2.75, 3.05) is 23.7 Å². The molecule has 0 radical (unpaired) electrons. The van der Waals surface area contributed by atoms with E-state index >= 15 is 0 Å². The van der Waals surface area contributed by atoms with Crippen LogP contribution in [0.5, 0.6) is 0 Å². The zero-order valence-electron chi connectivity index (χ0n) is 11.1. The van der Waals surface area contributed by atoms with E-state index in [-0.39, 0.29) is 5.95 Å². The summed E-state index contributed by atoms with van der Waals surface area (Å²) < 4.78 is 0. The Bertz CT molecular complexity index is 610.